The molecule has 30 heavy (non-hydrogen) atoms. The highest BCUT2D eigenvalue weighted by molar-refractivity contribution is 7.99. The molecule has 2 amide bonds. The lowest BCUT2D eigenvalue weighted by molar-refractivity contribution is -0.114. The zero-order valence-electron chi connectivity index (χ0n) is 18.0. The number of thioether (sulfide) groups is 1. The first-order valence-electron chi connectivity index (χ1n) is 10.2. The number of carbonyl (C=O) groups excluding carboxylic acids is 2. The Kier molecular flexibility index (Phi) is 5.08. The van der Waals surface area contributed by atoms with Gasteiger partial charge in [-0.25, -0.2) is 4.98 Å². The summed E-state index contributed by atoms with van der Waals surface area (Å²) in [6.45, 7) is 10.2. The molecule has 1 heterocycles. The van der Waals surface area contributed by atoms with Crippen molar-refractivity contribution in [1.29, 1.82) is 0 Å². The van der Waals surface area contributed by atoms with Gasteiger partial charge in [-0.2, -0.15) is 5.10 Å². The second-order valence-electron chi connectivity index (χ2n) is 9.02. The van der Waals surface area contributed by atoms with Crippen LogP contribution in [0.15, 0.2) is 23.4 Å². The zero-order chi connectivity index (χ0) is 21.7. The lowest BCUT2D eigenvalue weighted by Crippen LogP contribution is -2.32. The fraction of sp³-hybridized carbons (Fsp3) is 0.500. The number of nitrogens with zero attached hydrogens (tertiary/aromatic N) is 3. The maximum absolute atomic E-state index is 12.5. The number of hydrogen-bond acceptors (Lipinski definition) is 6. The summed E-state index contributed by atoms with van der Waals surface area (Å²) in [7, 11) is 0. The maximum Gasteiger partial charge on any atom is 0.234 e. The van der Waals surface area contributed by atoms with Crippen molar-refractivity contribution in [2.24, 2.45) is 5.41 Å². The van der Waals surface area contributed by atoms with Crippen molar-refractivity contribution in [2.75, 3.05) is 16.4 Å². The lowest BCUT2D eigenvalue weighted by atomic mass is 9.70. The monoisotopic (exact) mass is 425 g/mol. The van der Waals surface area contributed by atoms with Gasteiger partial charge in [-0.15, -0.1) is 5.10 Å². The molecule has 2 bridgehead atoms. The van der Waals surface area contributed by atoms with Gasteiger partial charge < -0.3 is 10.6 Å². The van der Waals surface area contributed by atoms with E-state index in [0.717, 1.165) is 29.8 Å². The second kappa shape index (κ2) is 7.34. The van der Waals surface area contributed by atoms with Crippen LogP contribution in [0, 0.1) is 12.3 Å². The van der Waals surface area contributed by atoms with Crippen LogP contribution in [0.25, 0.3) is 0 Å². The Labute approximate surface area is 180 Å². The number of fused-ring (bicyclic) bond motifs is 5. The standard InChI is InChI=1S/C22H27N5O2S/c1-12-6-7-14(23-13(2)28)10-16(12)24-17(29)11-30-20-25-19-18(26-27-20)15-8-9-22(19,5)21(15,3)4/h6-7,10,15H,8-9,11H2,1-5H3,(H,23,28)(H,24,29)/t15-,22+/m1/s1. The molecule has 7 nitrogen and oxygen atoms in total. The predicted octanol–water partition coefficient (Wildman–Crippen LogP) is 4.04. The number of nitrogens with one attached hydrogen (secondary N) is 2. The number of aryl methyl sites for hydroxylation is 1. The third kappa shape index (κ3) is 3.37. The van der Waals surface area contributed by atoms with Gasteiger partial charge in [0.15, 0.2) is 0 Å². The molecule has 2 atom stereocenters. The van der Waals surface area contributed by atoms with E-state index in [9.17, 15) is 9.59 Å². The number of anilines is 2. The van der Waals surface area contributed by atoms with Crippen molar-refractivity contribution < 1.29 is 9.59 Å². The Morgan fingerprint density at radius 3 is 2.70 bits per heavy atom. The lowest BCUT2D eigenvalue weighted by Gasteiger charge is -2.33. The Morgan fingerprint density at radius 2 is 1.97 bits per heavy atom. The van der Waals surface area contributed by atoms with E-state index >= 15 is 0 Å². The van der Waals surface area contributed by atoms with Crippen LogP contribution in [0.2, 0.25) is 0 Å². The molecule has 0 unspecified atom stereocenters. The molecule has 0 saturated heterocycles. The average molecular weight is 426 g/mol. The van der Waals surface area contributed by atoms with Gasteiger partial charge in [0.25, 0.3) is 0 Å². The summed E-state index contributed by atoms with van der Waals surface area (Å²) in [5.41, 5.74) is 4.48. The van der Waals surface area contributed by atoms with E-state index in [-0.39, 0.29) is 28.4 Å². The Balaban J connectivity index is 1.43. The summed E-state index contributed by atoms with van der Waals surface area (Å²) in [5.74, 6) is 0.297. The molecule has 1 saturated carbocycles. The molecule has 0 spiro atoms. The van der Waals surface area contributed by atoms with Crippen LogP contribution in [-0.4, -0.2) is 32.7 Å². The van der Waals surface area contributed by atoms with E-state index in [1.54, 1.807) is 12.1 Å². The molecule has 2 aliphatic carbocycles. The molecule has 2 aliphatic rings. The Bertz CT molecular complexity index is 1040. The van der Waals surface area contributed by atoms with Gasteiger partial charge in [0.1, 0.15) is 0 Å². The first-order chi connectivity index (χ1) is 14.1. The number of amides is 2. The summed E-state index contributed by atoms with van der Waals surface area (Å²) < 4.78 is 0. The molecular formula is C22H27N5O2S. The third-order valence-electron chi connectivity index (χ3n) is 6.94. The number of hydrogen-bond donors (Lipinski definition) is 2. The highest BCUT2D eigenvalue weighted by Crippen LogP contribution is 2.66. The molecular weight excluding hydrogens is 398 g/mol. The van der Waals surface area contributed by atoms with Crippen LogP contribution < -0.4 is 10.6 Å². The third-order valence-corrected chi connectivity index (χ3v) is 7.77. The molecule has 2 N–H and O–H groups in total. The van der Waals surface area contributed by atoms with E-state index in [2.05, 4.69) is 41.6 Å². The Morgan fingerprint density at radius 1 is 1.20 bits per heavy atom. The highest BCUT2D eigenvalue weighted by atomic mass is 32.2. The SMILES string of the molecule is CC(=O)Nc1ccc(C)c(NC(=O)CSc2nnc3c(n2)[C@]2(C)CC[C@H]3C2(C)C)c1. The molecule has 8 heteroatoms. The number of benzene rings is 1. The van der Waals surface area contributed by atoms with Gasteiger partial charge in [0.2, 0.25) is 17.0 Å². The summed E-state index contributed by atoms with van der Waals surface area (Å²) in [4.78, 5) is 28.6. The molecule has 0 radical (unpaired) electrons. The molecule has 158 valence electrons. The fourth-order valence-electron chi connectivity index (χ4n) is 4.78. The molecule has 1 aromatic carbocycles. The largest absolute Gasteiger partial charge is 0.326 e. The van der Waals surface area contributed by atoms with Crippen LogP contribution in [0.1, 0.15) is 63.4 Å². The first kappa shape index (κ1) is 20.8. The second-order valence-corrected chi connectivity index (χ2v) is 9.96. The first-order valence-corrected chi connectivity index (χ1v) is 11.2. The average Bonchev–Trinajstić information content (AvgIpc) is 3.01. The van der Waals surface area contributed by atoms with Crippen molar-refractivity contribution in [3.63, 3.8) is 0 Å². The van der Waals surface area contributed by atoms with Crippen molar-refractivity contribution in [3.8, 4) is 0 Å². The highest BCUT2D eigenvalue weighted by Gasteiger charge is 2.61. The van der Waals surface area contributed by atoms with E-state index in [1.807, 2.05) is 13.0 Å². The van der Waals surface area contributed by atoms with Gasteiger partial charge in [-0.05, 0) is 42.9 Å². The quantitative estimate of drug-likeness (QED) is 0.702. The minimum atomic E-state index is -0.154. The number of rotatable bonds is 5. The molecule has 4 rings (SSSR count). The summed E-state index contributed by atoms with van der Waals surface area (Å²) in [5, 5.41) is 14.9. The van der Waals surface area contributed by atoms with Crippen molar-refractivity contribution in [1.82, 2.24) is 15.2 Å². The van der Waals surface area contributed by atoms with Gasteiger partial charge in [-0.1, -0.05) is 38.6 Å². The smallest absolute Gasteiger partial charge is 0.234 e. The van der Waals surface area contributed by atoms with E-state index in [4.69, 9.17) is 4.98 Å². The summed E-state index contributed by atoms with van der Waals surface area (Å²) in [6.07, 6.45) is 2.25. The molecule has 2 aromatic rings. The maximum atomic E-state index is 12.5. The van der Waals surface area contributed by atoms with Crippen LogP contribution in [0.5, 0.6) is 0 Å². The van der Waals surface area contributed by atoms with E-state index in [1.165, 1.54) is 18.7 Å². The molecule has 1 fully saturated rings. The van der Waals surface area contributed by atoms with Crippen LogP contribution in [0.3, 0.4) is 0 Å². The van der Waals surface area contributed by atoms with Gasteiger partial charge in [0.05, 0.1) is 17.1 Å². The molecule has 0 aliphatic heterocycles. The summed E-state index contributed by atoms with van der Waals surface area (Å²) in [6, 6.07) is 5.42. The zero-order valence-corrected chi connectivity index (χ0v) is 18.8. The van der Waals surface area contributed by atoms with Crippen LogP contribution in [0.4, 0.5) is 11.4 Å². The van der Waals surface area contributed by atoms with Crippen molar-refractivity contribution >= 4 is 35.0 Å². The Hall–Kier alpha value is -2.48. The minimum Gasteiger partial charge on any atom is -0.326 e. The predicted molar refractivity (Wildman–Crippen MR) is 118 cm³/mol. The normalized spacial score (nSPS) is 23.2. The van der Waals surface area contributed by atoms with Crippen LogP contribution in [-0.2, 0) is 15.0 Å². The van der Waals surface area contributed by atoms with Crippen LogP contribution >= 0.6 is 11.8 Å². The van der Waals surface area contributed by atoms with E-state index in [0.29, 0.717) is 22.4 Å². The topological polar surface area (TPSA) is 96.9 Å². The number of carbonyl (C=O) groups is 2. The summed E-state index contributed by atoms with van der Waals surface area (Å²) >= 11 is 1.29. The fourth-order valence-corrected chi connectivity index (χ4v) is 5.36. The minimum absolute atomic E-state index is 0.0156. The van der Waals surface area contributed by atoms with Gasteiger partial charge in [0, 0.05) is 29.6 Å². The molecule has 1 aromatic heterocycles. The number of aromatic nitrogens is 3. The van der Waals surface area contributed by atoms with Gasteiger partial charge in [-0.3, -0.25) is 9.59 Å². The van der Waals surface area contributed by atoms with Crippen molar-refractivity contribution in [2.45, 2.75) is 63.9 Å². The van der Waals surface area contributed by atoms with E-state index < -0.39 is 0 Å². The van der Waals surface area contributed by atoms with Gasteiger partial charge >= 0.3 is 0 Å². The van der Waals surface area contributed by atoms with Crippen molar-refractivity contribution in [3.05, 3.63) is 35.2 Å².